The lowest BCUT2D eigenvalue weighted by molar-refractivity contribution is 0.0243. The summed E-state index contributed by atoms with van der Waals surface area (Å²) in [5.41, 5.74) is 2.31. The van der Waals surface area contributed by atoms with Crippen molar-refractivity contribution in [1.82, 2.24) is 15.3 Å². The van der Waals surface area contributed by atoms with E-state index in [2.05, 4.69) is 17.4 Å². The Morgan fingerprint density at radius 2 is 1.73 bits per heavy atom. The van der Waals surface area contributed by atoms with Gasteiger partial charge < -0.3 is 9.64 Å². The van der Waals surface area contributed by atoms with Gasteiger partial charge in [-0.1, -0.05) is 0 Å². The molecule has 1 fully saturated rings. The summed E-state index contributed by atoms with van der Waals surface area (Å²) in [6, 6.07) is 0. The van der Waals surface area contributed by atoms with Crippen LogP contribution in [0.2, 0.25) is 0 Å². The first-order valence-electron chi connectivity index (χ1n) is 5.30. The van der Waals surface area contributed by atoms with E-state index in [0.717, 1.165) is 26.2 Å². The van der Waals surface area contributed by atoms with Gasteiger partial charge in [-0.2, -0.15) is 0 Å². The molecule has 1 aliphatic heterocycles. The van der Waals surface area contributed by atoms with Crippen LogP contribution in [0, 0.1) is 0 Å². The first-order valence-corrected chi connectivity index (χ1v) is 5.30. The molecule has 88 valence electrons. The summed E-state index contributed by atoms with van der Waals surface area (Å²) in [7, 11) is 2.07. The second-order valence-electron chi connectivity index (χ2n) is 4.90. The van der Waals surface area contributed by atoms with E-state index in [1.807, 2.05) is 25.8 Å². The zero-order valence-corrected chi connectivity index (χ0v) is 10.0. The third kappa shape index (κ3) is 4.99. The highest BCUT2D eigenvalue weighted by Crippen LogP contribution is 2.07. The summed E-state index contributed by atoms with van der Waals surface area (Å²) in [5.74, 6) is 0. The maximum atomic E-state index is 11.4. The highest BCUT2D eigenvalue weighted by Gasteiger charge is 2.20. The molecule has 5 nitrogen and oxygen atoms in total. The number of hydrazine groups is 1. The minimum absolute atomic E-state index is 0.368. The monoisotopic (exact) mass is 215 g/mol. The number of amides is 1. The van der Waals surface area contributed by atoms with Crippen LogP contribution in [0.25, 0.3) is 0 Å². The summed E-state index contributed by atoms with van der Waals surface area (Å²) in [6.07, 6.45) is -0.368. The van der Waals surface area contributed by atoms with Gasteiger partial charge in [0.25, 0.3) is 0 Å². The van der Waals surface area contributed by atoms with Crippen molar-refractivity contribution >= 4 is 6.09 Å². The van der Waals surface area contributed by atoms with Gasteiger partial charge in [0.05, 0.1) is 0 Å². The van der Waals surface area contributed by atoms with Crippen molar-refractivity contribution in [3.05, 3.63) is 0 Å². The van der Waals surface area contributed by atoms with E-state index >= 15 is 0 Å². The summed E-state index contributed by atoms with van der Waals surface area (Å²) < 4.78 is 5.16. The Hall–Kier alpha value is -0.810. The number of nitrogens with zero attached hydrogens (tertiary/aromatic N) is 2. The van der Waals surface area contributed by atoms with Gasteiger partial charge >= 0.3 is 6.09 Å². The van der Waals surface area contributed by atoms with Gasteiger partial charge in [-0.15, -0.1) is 0 Å². The fourth-order valence-electron chi connectivity index (χ4n) is 1.35. The highest BCUT2D eigenvalue weighted by molar-refractivity contribution is 5.67. The van der Waals surface area contributed by atoms with Crippen LogP contribution < -0.4 is 5.43 Å². The Bertz CT molecular complexity index is 217. The van der Waals surface area contributed by atoms with Crippen molar-refractivity contribution in [3.8, 4) is 0 Å². The number of ether oxygens (including phenoxy) is 1. The minimum atomic E-state index is -0.434. The van der Waals surface area contributed by atoms with Crippen LogP contribution in [0.5, 0.6) is 0 Å². The van der Waals surface area contributed by atoms with E-state index in [4.69, 9.17) is 4.74 Å². The first kappa shape index (κ1) is 12.3. The topological polar surface area (TPSA) is 44.8 Å². The number of carbonyl (C=O) groups is 1. The average Bonchev–Trinajstić information content (AvgIpc) is 2.05. The highest BCUT2D eigenvalue weighted by atomic mass is 16.6. The number of hydrogen-bond donors (Lipinski definition) is 1. The van der Waals surface area contributed by atoms with Gasteiger partial charge in [0.15, 0.2) is 0 Å². The van der Waals surface area contributed by atoms with E-state index < -0.39 is 5.60 Å². The van der Waals surface area contributed by atoms with Crippen LogP contribution in [-0.4, -0.2) is 54.8 Å². The largest absolute Gasteiger partial charge is 0.443 e. The second-order valence-corrected chi connectivity index (χ2v) is 4.90. The molecule has 0 aromatic carbocycles. The van der Waals surface area contributed by atoms with Crippen LogP contribution in [-0.2, 0) is 4.74 Å². The molecule has 0 unspecified atom stereocenters. The molecule has 0 atom stereocenters. The lowest BCUT2D eigenvalue weighted by Gasteiger charge is -2.32. The number of carbonyl (C=O) groups excluding carboxylic acids is 1. The van der Waals surface area contributed by atoms with Gasteiger partial charge in [0, 0.05) is 26.2 Å². The molecule has 1 amide bonds. The molecule has 1 rings (SSSR count). The number of nitrogens with one attached hydrogen (secondary N) is 1. The number of piperazine rings is 1. The van der Waals surface area contributed by atoms with Crippen molar-refractivity contribution < 1.29 is 9.53 Å². The zero-order chi connectivity index (χ0) is 11.5. The predicted molar refractivity (Wildman–Crippen MR) is 58.4 cm³/mol. The molecule has 0 aromatic heterocycles. The Labute approximate surface area is 91.3 Å². The molecule has 1 N–H and O–H groups in total. The second kappa shape index (κ2) is 4.81. The van der Waals surface area contributed by atoms with Gasteiger partial charge in [0.2, 0.25) is 0 Å². The lowest BCUT2D eigenvalue weighted by atomic mass is 10.2. The maximum Gasteiger partial charge on any atom is 0.422 e. The van der Waals surface area contributed by atoms with E-state index in [9.17, 15) is 4.79 Å². The molecule has 15 heavy (non-hydrogen) atoms. The molecule has 0 aromatic rings. The molecule has 5 heteroatoms. The quantitative estimate of drug-likeness (QED) is 0.698. The van der Waals surface area contributed by atoms with Crippen LogP contribution >= 0.6 is 0 Å². The molecule has 0 bridgehead atoms. The van der Waals surface area contributed by atoms with Crippen molar-refractivity contribution in [3.63, 3.8) is 0 Å². The smallest absolute Gasteiger partial charge is 0.422 e. The Morgan fingerprint density at radius 3 is 2.20 bits per heavy atom. The number of likely N-dealkylation sites (N-methyl/N-ethyl adjacent to an activating group) is 1. The molecule has 0 radical (unpaired) electrons. The number of hydrogen-bond acceptors (Lipinski definition) is 4. The minimum Gasteiger partial charge on any atom is -0.443 e. The van der Waals surface area contributed by atoms with Crippen LogP contribution in [0.1, 0.15) is 20.8 Å². The molecule has 1 heterocycles. The number of rotatable bonds is 1. The fourth-order valence-corrected chi connectivity index (χ4v) is 1.35. The SMILES string of the molecule is CN1CCN(NC(=O)OC(C)(C)C)CC1. The Balaban J connectivity index is 2.27. The average molecular weight is 215 g/mol. The molecule has 1 aliphatic rings. The zero-order valence-electron chi connectivity index (χ0n) is 10.0. The van der Waals surface area contributed by atoms with Crippen LogP contribution in [0.3, 0.4) is 0 Å². The van der Waals surface area contributed by atoms with Crippen molar-refractivity contribution in [1.29, 1.82) is 0 Å². The predicted octanol–water partition coefficient (Wildman–Crippen LogP) is 0.673. The maximum absolute atomic E-state index is 11.4. The summed E-state index contributed by atoms with van der Waals surface area (Å²) in [4.78, 5) is 13.6. The van der Waals surface area contributed by atoms with Gasteiger partial charge in [-0.05, 0) is 27.8 Å². The third-order valence-corrected chi connectivity index (χ3v) is 2.15. The molecule has 0 saturated carbocycles. The van der Waals surface area contributed by atoms with Gasteiger partial charge in [-0.3, -0.25) is 5.43 Å². The van der Waals surface area contributed by atoms with E-state index in [1.54, 1.807) is 0 Å². The van der Waals surface area contributed by atoms with E-state index in [-0.39, 0.29) is 6.09 Å². The van der Waals surface area contributed by atoms with E-state index in [0.29, 0.717) is 0 Å². The van der Waals surface area contributed by atoms with Crippen molar-refractivity contribution in [2.24, 2.45) is 0 Å². The normalized spacial score (nSPS) is 20.0. The summed E-state index contributed by atoms with van der Waals surface area (Å²) in [5, 5.41) is 1.90. The van der Waals surface area contributed by atoms with Gasteiger partial charge in [0.1, 0.15) is 5.60 Å². The van der Waals surface area contributed by atoms with Crippen LogP contribution in [0.4, 0.5) is 4.79 Å². The van der Waals surface area contributed by atoms with Gasteiger partial charge in [-0.25, -0.2) is 9.80 Å². The molecular weight excluding hydrogens is 194 g/mol. The summed E-state index contributed by atoms with van der Waals surface area (Å²) in [6.45, 7) is 9.20. The molecule has 1 saturated heterocycles. The molecular formula is C10H21N3O2. The Morgan fingerprint density at radius 1 is 1.20 bits per heavy atom. The van der Waals surface area contributed by atoms with Crippen LogP contribution in [0.15, 0.2) is 0 Å². The third-order valence-electron chi connectivity index (χ3n) is 2.15. The first-order chi connectivity index (χ1) is 6.87. The fraction of sp³-hybridized carbons (Fsp3) is 0.900. The molecule has 0 spiro atoms. The van der Waals surface area contributed by atoms with E-state index in [1.165, 1.54) is 0 Å². The van der Waals surface area contributed by atoms with Crippen molar-refractivity contribution in [2.75, 3.05) is 33.2 Å². The standard InChI is InChI=1S/C10H21N3O2/c1-10(2,3)15-9(14)11-13-7-5-12(4)6-8-13/h5-8H2,1-4H3,(H,11,14). The lowest BCUT2D eigenvalue weighted by Crippen LogP contribution is -2.53. The Kier molecular flexibility index (Phi) is 3.93. The summed E-state index contributed by atoms with van der Waals surface area (Å²) >= 11 is 0. The van der Waals surface area contributed by atoms with Crippen molar-refractivity contribution in [2.45, 2.75) is 26.4 Å². The molecule has 0 aliphatic carbocycles.